The average molecular weight is 315 g/mol. The molecule has 2 aromatic rings. The molecule has 0 radical (unpaired) electrons. The first-order valence-electron chi connectivity index (χ1n) is 7.46. The minimum Gasteiger partial charge on any atom is -0.508 e. The van der Waals surface area contributed by atoms with Gasteiger partial charge in [0, 0.05) is 42.5 Å². The summed E-state index contributed by atoms with van der Waals surface area (Å²) >= 11 is 0. The van der Waals surface area contributed by atoms with Crippen molar-refractivity contribution in [2.75, 3.05) is 11.4 Å². The van der Waals surface area contributed by atoms with E-state index in [1.807, 2.05) is 36.9 Å². The zero-order valence-corrected chi connectivity index (χ0v) is 13.3. The number of phenolic OH excluding ortho intramolecular Hbond substituents is 2. The zero-order chi connectivity index (χ0) is 17.0. The van der Waals surface area contributed by atoms with Crippen LogP contribution in [0.25, 0.3) is 0 Å². The number of aromatic hydroxyl groups is 2. The van der Waals surface area contributed by atoms with Crippen molar-refractivity contribution in [2.24, 2.45) is 0 Å². The number of carbonyl (C=O) groups is 1. The molecular formula is C18H21NO4. The lowest BCUT2D eigenvalue weighted by molar-refractivity contribution is -0.137. The molecule has 0 fully saturated rings. The lowest BCUT2D eigenvalue weighted by Gasteiger charge is -2.27. The van der Waals surface area contributed by atoms with Crippen LogP contribution in [0.5, 0.6) is 11.5 Å². The fourth-order valence-corrected chi connectivity index (χ4v) is 2.62. The Labute approximate surface area is 135 Å². The molecule has 5 nitrogen and oxygen atoms in total. The third-order valence-electron chi connectivity index (χ3n) is 3.61. The molecule has 0 aliphatic carbocycles. The van der Waals surface area contributed by atoms with Gasteiger partial charge in [-0.05, 0) is 31.9 Å². The van der Waals surface area contributed by atoms with Crippen LogP contribution in [-0.4, -0.2) is 27.8 Å². The number of carboxylic acids is 1. The number of carboxylic acid groups (broad SMARTS) is 1. The van der Waals surface area contributed by atoms with Crippen molar-refractivity contribution in [3.05, 3.63) is 47.5 Å². The largest absolute Gasteiger partial charge is 0.508 e. The second kappa shape index (κ2) is 7.05. The monoisotopic (exact) mass is 315 g/mol. The number of aryl methyl sites for hydroxylation is 2. The summed E-state index contributed by atoms with van der Waals surface area (Å²) < 4.78 is 0. The Morgan fingerprint density at radius 3 is 2.26 bits per heavy atom. The third-order valence-corrected chi connectivity index (χ3v) is 3.61. The normalized spacial score (nSPS) is 10.5. The van der Waals surface area contributed by atoms with E-state index in [0.717, 1.165) is 16.8 Å². The van der Waals surface area contributed by atoms with Crippen molar-refractivity contribution in [2.45, 2.75) is 26.7 Å². The molecule has 0 bridgehead atoms. The van der Waals surface area contributed by atoms with Crippen LogP contribution in [0.4, 0.5) is 11.4 Å². The minimum absolute atomic E-state index is 0.0343. The molecule has 23 heavy (non-hydrogen) atoms. The Kier molecular flexibility index (Phi) is 5.11. The lowest BCUT2D eigenvalue weighted by Crippen LogP contribution is -2.20. The number of rotatable bonds is 6. The molecular weight excluding hydrogens is 294 g/mol. The van der Waals surface area contributed by atoms with Crippen LogP contribution in [0.2, 0.25) is 0 Å². The Balaban J connectivity index is 2.39. The number of benzene rings is 2. The molecule has 122 valence electrons. The van der Waals surface area contributed by atoms with E-state index in [0.29, 0.717) is 18.7 Å². The first kappa shape index (κ1) is 16.7. The standard InChI is InChI=1S/C18H21NO4/c1-12-5-6-17(13(2)8-12)19(7-3-4-18(22)23)14-9-15(20)11-16(21)10-14/h5-6,8-11,20-21H,3-4,7H2,1-2H3,(H,22,23). The van der Waals surface area contributed by atoms with E-state index in [2.05, 4.69) is 0 Å². The first-order valence-corrected chi connectivity index (χ1v) is 7.46. The summed E-state index contributed by atoms with van der Waals surface area (Å²) in [7, 11) is 0. The van der Waals surface area contributed by atoms with Crippen LogP contribution in [0, 0.1) is 13.8 Å². The Bertz CT molecular complexity index is 692. The Morgan fingerprint density at radius 2 is 1.70 bits per heavy atom. The molecule has 0 saturated heterocycles. The summed E-state index contributed by atoms with van der Waals surface area (Å²) in [6.45, 7) is 4.46. The number of aliphatic carboxylic acids is 1. The molecule has 3 N–H and O–H groups in total. The lowest BCUT2D eigenvalue weighted by atomic mass is 10.1. The van der Waals surface area contributed by atoms with E-state index in [1.165, 1.54) is 6.07 Å². The highest BCUT2D eigenvalue weighted by molar-refractivity contribution is 5.70. The topological polar surface area (TPSA) is 81.0 Å². The van der Waals surface area contributed by atoms with Gasteiger partial charge in [0.05, 0.1) is 0 Å². The Hall–Kier alpha value is -2.69. The van der Waals surface area contributed by atoms with Crippen LogP contribution < -0.4 is 4.90 Å². The summed E-state index contributed by atoms with van der Waals surface area (Å²) in [6.07, 6.45) is 0.519. The van der Waals surface area contributed by atoms with Gasteiger partial charge in [-0.3, -0.25) is 4.79 Å². The second-order valence-electron chi connectivity index (χ2n) is 5.65. The van der Waals surface area contributed by atoms with E-state index in [9.17, 15) is 15.0 Å². The number of nitrogens with zero attached hydrogens (tertiary/aromatic N) is 1. The van der Waals surface area contributed by atoms with Gasteiger partial charge >= 0.3 is 5.97 Å². The molecule has 0 heterocycles. The number of anilines is 2. The molecule has 2 rings (SSSR count). The predicted molar refractivity (Wildman–Crippen MR) is 89.6 cm³/mol. The molecule has 0 aliphatic rings. The molecule has 0 atom stereocenters. The van der Waals surface area contributed by atoms with E-state index in [-0.39, 0.29) is 17.9 Å². The van der Waals surface area contributed by atoms with Gasteiger partial charge < -0.3 is 20.2 Å². The van der Waals surface area contributed by atoms with Gasteiger partial charge in [0.25, 0.3) is 0 Å². The maximum atomic E-state index is 10.8. The van der Waals surface area contributed by atoms with Crippen molar-refractivity contribution >= 4 is 17.3 Å². The molecule has 2 aromatic carbocycles. The van der Waals surface area contributed by atoms with Gasteiger partial charge in [0.15, 0.2) is 0 Å². The minimum atomic E-state index is -0.843. The van der Waals surface area contributed by atoms with Crippen molar-refractivity contribution in [3.63, 3.8) is 0 Å². The van der Waals surface area contributed by atoms with Crippen molar-refractivity contribution < 1.29 is 20.1 Å². The van der Waals surface area contributed by atoms with E-state index < -0.39 is 5.97 Å². The van der Waals surface area contributed by atoms with Gasteiger partial charge in [-0.1, -0.05) is 17.7 Å². The maximum absolute atomic E-state index is 10.8. The van der Waals surface area contributed by atoms with Crippen LogP contribution in [0.3, 0.4) is 0 Å². The third kappa shape index (κ3) is 4.39. The Morgan fingerprint density at radius 1 is 1.04 bits per heavy atom. The summed E-state index contributed by atoms with van der Waals surface area (Å²) in [5.41, 5.74) is 3.73. The highest BCUT2D eigenvalue weighted by Gasteiger charge is 2.14. The second-order valence-corrected chi connectivity index (χ2v) is 5.65. The predicted octanol–water partition coefficient (Wildman–Crippen LogP) is 3.72. The average Bonchev–Trinajstić information content (AvgIpc) is 2.43. The van der Waals surface area contributed by atoms with Crippen LogP contribution in [-0.2, 0) is 4.79 Å². The zero-order valence-electron chi connectivity index (χ0n) is 13.3. The number of phenols is 2. The molecule has 0 aliphatic heterocycles. The maximum Gasteiger partial charge on any atom is 0.303 e. The van der Waals surface area contributed by atoms with Crippen LogP contribution in [0.15, 0.2) is 36.4 Å². The SMILES string of the molecule is Cc1ccc(N(CCCC(=O)O)c2cc(O)cc(O)c2)c(C)c1. The van der Waals surface area contributed by atoms with Crippen LogP contribution >= 0.6 is 0 Å². The summed E-state index contributed by atoms with van der Waals surface area (Å²) in [6, 6.07) is 10.4. The van der Waals surface area contributed by atoms with Gasteiger partial charge in [0.1, 0.15) is 11.5 Å². The molecule has 0 saturated carbocycles. The van der Waals surface area contributed by atoms with E-state index in [4.69, 9.17) is 5.11 Å². The number of hydrogen-bond donors (Lipinski definition) is 3. The first-order chi connectivity index (χ1) is 10.9. The fourth-order valence-electron chi connectivity index (χ4n) is 2.62. The summed E-state index contributed by atoms with van der Waals surface area (Å²) in [5.74, 6) is -0.912. The quantitative estimate of drug-likeness (QED) is 0.757. The van der Waals surface area contributed by atoms with Crippen molar-refractivity contribution in [1.29, 1.82) is 0 Å². The number of hydrogen-bond acceptors (Lipinski definition) is 4. The summed E-state index contributed by atoms with van der Waals surface area (Å²) in [5, 5.41) is 28.3. The van der Waals surface area contributed by atoms with Gasteiger partial charge in [-0.2, -0.15) is 0 Å². The molecule has 0 spiro atoms. The van der Waals surface area contributed by atoms with Crippen molar-refractivity contribution in [3.8, 4) is 11.5 Å². The highest BCUT2D eigenvalue weighted by Crippen LogP contribution is 2.34. The molecule has 5 heteroatoms. The molecule has 0 unspecified atom stereocenters. The smallest absolute Gasteiger partial charge is 0.303 e. The molecule has 0 amide bonds. The fraction of sp³-hybridized carbons (Fsp3) is 0.278. The van der Waals surface area contributed by atoms with Gasteiger partial charge in [-0.15, -0.1) is 0 Å². The van der Waals surface area contributed by atoms with Crippen molar-refractivity contribution in [1.82, 2.24) is 0 Å². The van der Waals surface area contributed by atoms with Gasteiger partial charge in [-0.25, -0.2) is 0 Å². The van der Waals surface area contributed by atoms with Crippen LogP contribution in [0.1, 0.15) is 24.0 Å². The van der Waals surface area contributed by atoms with E-state index in [1.54, 1.807) is 12.1 Å². The summed E-state index contributed by atoms with van der Waals surface area (Å²) in [4.78, 5) is 12.7. The molecule has 0 aromatic heterocycles. The van der Waals surface area contributed by atoms with Gasteiger partial charge in [0.2, 0.25) is 0 Å². The van der Waals surface area contributed by atoms with E-state index >= 15 is 0 Å². The highest BCUT2D eigenvalue weighted by atomic mass is 16.4.